The third-order valence-electron chi connectivity index (χ3n) is 5.64. The fourth-order valence-corrected chi connectivity index (χ4v) is 4.69. The molecular formula is C23H26N4OS. The lowest BCUT2D eigenvalue weighted by Gasteiger charge is -2.27. The summed E-state index contributed by atoms with van der Waals surface area (Å²) in [6, 6.07) is 16.6. The molecule has 0 unspecified atom stereocenters. The Labute approximate surface area is 177 Å². The highest BCUT2D eigenvalue weighted by Gasteiger charge is 2.40. The first-order chi connectivity index (χ1) is 14.0. The fraction of sp³-hybridized carbons (Fsp3) is 0.304. The van der Waals surface area contributed by atoms with Crippen molar-refractivity contribution in [3.8, 4) is 11.4 Å². The second kappa shape index (κ2) is 7.87. The molecule has 29 heavy (non-hydrogen) atoms. The molecule has 6 heteroatoms. The minimum absolute atomic E-state index is 0.0166. The summed E-state index contributed by atoms with van der Waals surface area (Å²) in [5.74, 6) is 0.849. The predicted octanol–water partition coefficient (Wildman–Crippen LogP) is 4.49. The lowest BCUT2D eigenvalue weighted by molar-refractivity contribution is 0.329. The maximum atomic E-state index is 5.67. The van der Waals surface area contributed by atoms with Gasteiger partial charge in [-0.15, -0.1) is 0 Å². The van der Waals surface area contributed by atoms with Crippen molar-refractivity contribution in [2.75, 3.05) is 13.7 Å². The number of hydrogen-bond donors (Lipinski definition) is 1. The number of nitrogens with one attached hydrogen (secondary N) is 1. The second-order valence-electron chi connectivity index (χ2n) is 7.28. The van der Waals surface area contributed by atoms with Crippen LogP contribution >= 0.6 is 12.2 Å². The molecule has 3 heterocycles. The van der Waals surface area contributed by atoms with Gasteiger partial charge in [-0.1, -0.05) is 12.1 Å². The fourth-order valence-electron chi connectivity index (χ4n) is 4.32. The number of methoxy groups -OCH3 is 1. The molecule has 0 spiro atoms. The van der Waals surface area contributed by atoms with Gasteiger partial charge in [-0.25, -0.2) is 0 Å². The largest absolute Gasteiger partial charge is 0.497 e. The van der Waals surface area contributed by atoms with Crippen LogP contribution < -0.4 is 10.1 Å². The quantitative estimate of drug-likeness (QED) is 0.633. The molecule has 1 N–H and O–H groups in total. The molecule has 1 fully saturated rings. The van der Waals surface area contributed by atoms with Crippen LogP contribution in [0.4, 0.5) is 0 Å². The average molecular weight is 407 g/mol. The van der Waals surface area contributed by atoms with Crippen molar-refractivity contribution < 1.29 is 4.74 Å². The van der Waals surface area contributed by atoms with Crippen molar-refractivity contribution in [2.45, 2.75) is 32.9 Å². The molecule has 2 atom stereocenters. The van der Waals surface area contributed by atoms with E-state index in [0.29, 0.717) is 0 Å². The molecule has 4 rings (SSSR count). The zero-order valence-electron chi connectivity index (χ0n) is 17.2. The molecule has 1 aliphatic heterocycles. The summed E-state index contributed by atoms with van der Waals surface area (Å²) in [5.41, 5.74) is 5.74. The van der Waals surface area contributed by atoms with Gasteiger partial charge in [0, 0.05) is 35.9 Å². The summed E-state index contributed by atoms with van der Waals surface area (Å²) in [4.78, 5) is 6.86. The molecule has 3 aromatic rings. The van der Waals surface area contributed by atoms with Crippen molar-refractivity contribution in [3.05, 3.63) is 77.4 Å². The van der Waals surface area contributed by atoms with Gasteiger partial charge >= 0.3 is 0 Å². The maximum absolute atomic E-state index is 5.67. The molecule has 0 saturated carbocycles. The Kier molecular flexibility index (Phi) is 5.28. The first-order valence-electron chi connectivity index (χ1n) is 9.86. The van der Waals surface area contributed by atoms with E-state index in [1.54, 1.807) is 7.11 Å². The smallest absolute Gasteiger partial charge is 0.170 e. The highest BCUT2D eigenvalue weighted by atomic mass is 32.1. The first kappa shape index (κ1) is 19.5. The Bertz CT molecular complexity index is 1030. The van der Waals surface area contributed by atoms with Gasteiger partial charge in [0.1, 0.15) is 5.75 Å². The molecule has 1 aromatic carbocycles. The van der Waals surface area contributed by atoms with E-state index in [0.717, 1.165) is 28.8 Å². The molecule has 5 nitrogen and oxygen atoms in total. The van der Waals surface area contributed by atoms with Crippen LogP contribution in [0.3, 0.4) is 0 Å². The van der Waals surface area contributed by atoms with E-state index in [9.17, 15) is 0 Å². The number of thiocarbonyl (C=S) groups is 1. The number of benzene rings is 1. The molecule has 0 radical (unpaired) electrons. The van der Waals surface area contributed by atoms with Gasteiger partial charge in [0.25, 0.3) is 0 Å². The Morgan fingerprint density at radius 3 is 2.66 bits per heavy atom. The highest BCUT2D eigenvalue weighted by Crippen LogP contribution is 2.41. The third-order valence-corrected chi connectivity index (χ3v) is 5.99. The summed E-state index contributed by atoms with van der Waals surface area (Å²) in [6.07, 6.45) is 1.84. The number of aryl methyl sites for hydroxylation is 1. The topological polar surface area (TPSA) is 42.3 Å². The van der Waals surface area contributed by atoms with E-state index in [2.05, 4.69) is 64.8 Å². The number of pyridine rings is 1. The number of likely N-dealkylation sites (N-methyl/N-ethyl adjacent to an activating group) is 1. The van der Waals surface area contributed by atoms with Crippen LogP contribution in [0.5, 0.6) is 5.75 Å². The van der Waals surface area contributed by atoms with Gasteiger partial charge in [0.15, 0.2) is 5.11 Å². The Morgan fingerprint density at radius 1 is 1.14 bits per heavy atom. The molecule has 0 bridgehead atoms. The van der Waals surface area contributed by atoms with E-state index in [-0.39, 0.29) is 12.1 Å². The van der Waals surface area contributed by atoms with Gasteiger partial charge in [-0.3, -0.25) is 4.98 Å². The van der Waals surface area contributed by atoms with Crippen molar-refractivity contribution in [1.82, 2.24) is 19.8 Å². The molecule has 0 aliphatic carbocycles. The number of aromatic nitrogens is 2. The number of ether oxygens (including phenoxy) is 1. The monoisotopic (exact) mass is 406 g/mol. The Balaban J connectivity index is 1.83. The number of rotatable bonds is 5. The van der Waals surface area contributed by atoms with E-state index in [4.69, 9.17) is 17.0 Å². The van der Waals surface area contributed by atoms with Gasteiger partial charge in [0.05, 0.1) is 24.9 Å². The van der Waals surface area contributed by atoms with Crippen LogP contribution in [0.25, 0.3) is 5.69 Å². The predicted molar refractivity (Wildman–Crippen MR) is 120 cm³/mol. The highest BCUT2D eigenvalue weighted by molar-refractivity contribution is 7.80. The zero-order chi connectivity index (χ0) is 20.5. The van der Waals surface area contributed by atoms with E-state index >= 15 is 0 Å². The van der Waals surface area contributed by atoms with Crippen LogP contribution in [-0.2, 0) is 0 Å². The lowest BCUT2D eigenvalue weighted by atomic mass is 9.97. The van der Waals surface area contributed by atoms with E-state index in [1.165, 1.54) is 17.0 Å². The molecule has 1 aliphatic rings. The number of hydrogen-bond acceptors (Lipinski definition) is 3. The minimum atomic E-state index is 0.0166. The standard InChI is InChI=1S/C23H26N4OS/c1-5-26-22(21(25-23(26)29)20-11-6-7-12-24-20)19-13-15(2)27(16(19)3)17-9-8-10-18(14-17)28-4/h6-14,21-22H,5H2,1-4H3,(H,25,29)/t21-,22+/m1/s1. The van der Waals surface area contributed by atoms with E-state index in [1.807, 2.05) is 30.5 Å². The Morgan fingerprint density at radius 2 is 1.97 bits per heavy atom. The van der Waals surface area contributed by atoms with Crippen LogP contribution in [0.2, 0.25) is 0 Å². The van der Waals surface area contributed by atoms with Crippen LogP contribution in [-0.4, -0.2) is 33.2 Å². The second-order valence-corrected chi connectivity index (χ2v) is 7.66. The normalized spacial score (nSPS) is 18.8. The van der Waals surface area contributed by atoms with Gasteiger partial charge in [-0.2, -0.15) is 0 Å². The minimum Gasteiger partial charge on any atom is -0.497 e. The Hall–Kier alpha value is -2.86. The first-order valence-corrected chi connectivity index (χ1v) is 10.3. The average Bonchev–Trinajstić information content (AvgIpc) is 3.23. The molecule has 0 amide bonds. The van der Waals surface area contributed by atoms with Crippen LogP contribution in [0, 0.1) is 13.8 Å². The summed E-state index contributed by atoms with van der Waals surface area (Å²) in [6.45, 7) is 7.29. The molecular weight excluding hydrogens is 380 g/mol. The summed E-state index contributed by atoms with van der Waals surface area (Å²) >= 11 is 5.67. The maximum Gasteiger partial charge on any atom is 0.170 e. The van der Waals surface area contributed by atoms with Crippen molar-refractivity contribution in [3.63, 3.8) is 0 Å². The van der Waals surface area contributed by atoms with Crippen LogP contribution in [0.1, 0.15) is 41.7 Å². The van der Waals surface area contributed by atoms with E-state index < -0.39 is 0 Å². The molecule has 2 aromatic heterocycles. The zero-order valence-corrected chi connectivity index (χ0v) is 18.0. The summed E-state index contributed by atoms with van der Waals surface area (Å²) in [7, 11) is 1.70. The lowest BCUT2D eigenvalue weighted by Crippen LogP contribution is -2.29. The van der Waals surface area contributed by atoms with Crippen molar-refractivity contribution >= 4 is 17.3 Å². The third kappa shape index (κ3) is 3.38. The van der Waals surface area contributed by atoms with Gasteiger partial charge < -0.3 is 19.5 Å². The SMILES string of the molecule is CCN1C(=S)N[C@H](c2ccccn2)[C@@H]1c1cc(C)n(-c2cccc(OC)c2)c1C. The van der Waals surface area contributed by atoms with Crippen molar-refractivity contribution in [1.29, 1.82) is 0 Å². The van der Waals surface area contributed by atoms with Crippen molar-refractivity contribution in [2.24, 2.45) is 0 Å². The molecule has 150 valence electrons. The van der Waals surface area contributed by atoms with Gasteiger partial charge in [-0.05, 0) is 68.9 Å². The molecule has 1 saturated heterocycles. The van der Waals surface area contributed by atoms with Crippen LogP contribution in [0.15, 0.2) is 54.7 Å². The summed E-state index contributed by atoms with van der Waals surface area (Å²) in [5, 5.41) is 4.28. The van der Waals surface area contributed by atoms with Gasteiger partial charge in [0.2, 0.25) is 0 Å². The summed E-state index contributed by atoms with van der Waals surface area (Å²) < 4.78 is 7.71. The number of nitrogens with zero attached hydrogens (tertiary/aromatic N) is 3.